The molecule has 1 aliphatic carbocycles. The zero-order valence-electron chi connectivity index (χ0n) is 7.50. The van der Waals surface area contributed by atoms with Gasteiger partial charge in [-0.25, -0.2) is 0 Å². The monoisotopic (exact) mass is 166 g/mol. The molecule has 2 rings (SSSR count). The Morgan fingerprint density at radius 3 is 2.67 bits per heavy atom. The van der Waals surface area contributed by atoms with Crippen molar-refractivity contribution in [1.82, 2.24) is 0 Å². The molecule has 1 aromatic heterocycles. The van der Waals surface area contributed by atoms with Crippen LogP contribution in [0.15, 0.2) is 22.8 Å². The zero-order chi connectivity index (χ0) is 8.82. The van der Waals surface area contributed by atoms with E-state index in [1.54, 1.807) is 6.26 Å². The Morgan fingerprint density at radius 2 is 2.25 bits per heavy atom. The lowest BCUT2D eigenvalue weighted by Gasteiger charge is -2.27. The smallest absolute Gasteiger partial charge is 0.135 e. The van der Waals surface area contributed by atoms with Crippen molar-refractivity contribution in [1.29, 1.82) is 0 Å². The molecule has 1 fully saturated rings. The highest BCUT2D eigenvalue weighted by atomic mass is 16.4. The predicted octanol–water partition coefficient (Wildman–Crippen LogP) is 2.29. The molecule has 0 saturated heterocycles. The fraction of sp³-hybridized carbons (Fsp3) is 0.600. The average molecular weight is 166 g/mol. The van der Waals surface area contributed by atoms with Crippen LogP contribution in [0, 0.1) is 5.41 Å². The summed E-state index contributed by atoms with van der Waals surface area (Å²) in [7, 11) is 0. The fourth-order valence-electron chi connectivity index (χ4n) is 1.53. The van der Waals surface area contributed by atoms with E-state index in [0.29, 0.717) is 5.76 Å². The summed E-state index contributed by atoms with van der Waals surface area (Å²) in [4.78, 5) is 0. The fourth-order valence-corrected chi connectivity index (χ4v) is 1.53. The molecule has 1 unspecified atom stereocenters. The molecular weight excluding hydrogens is 152 g/mol. The molecule has 12 heavy (non-hydrogen) atoms. The molecule has 66 valence electrons. The van der Waals surface area contributed by atoms with Crippen LogP contribution in [0.5, 0.6) is 0 Å². The third-order valence-corrected chi connectivity index (χ3v) is 3.18. The van der Waals surface area contributed by atoms with Gasteiger partial charge in [0.25, 0.3) is 0 Å². The Labute approximate surface area is 72.2 Å². The van der Waals surface area contributed by atoms with Gasteiger partial charge >= 0.3 is 0 Å². The highest BCUT2D eigenvalue weighted by molar-refractivity contribution is 5.17. The standard InChI is InChI=1S/C10H14O2/c1-9(5-6-9)10(2,11)8-4-3-7-12-8/h3-4,7,11H,5-6H2,1-2H3. The van der Waals surface area contributed by atoms with E-state index in [1.165, 1.54) is 0 Å². The van der Waals surface area contributed by atoms with E-state index in [2.05, 4.69) is 6.92 Å². The maximum absolute atomic E-state index is 10.2. The van der Waals surface area contributed by atoms with Crippen LogP contribution in [0.2, 0.25) is 0 Å². The number of furan rings is 1. The van der Waals surface area contributed by atoms with Crippen LogP contribution in [0.1, 0.15) is 32.4 Å². The van der Waals surface area contributed by atoms with Gasteiger partial charge < -0.3 is 9.52 Å². The molecule has 1 N–H and O–H groups in total. The van der Waals surface area contributed by atoms with Crippen molar-refractivity contribution < 1.29 is 9.52 Å². The third-order valence-electron chi connectivity index (χ3n) is 3.18. The van der Waals surface area contributed by atoms with E-state index in [4.69, 9.17) is 4.42 Å². The Balaban J connectivity index is 2.33. The number of hydrogen-bond acceptors (Lipinski definition) is 2. The highest BCUT2D eigenvalue weighted by Crippen LogP contribution is 2.57. The van der Waals surface area contributed by atoms with Gasteiger partial charge in [-0.2, -0.15) is 0 Å². The van der Waals surface area contributed by atoms with Crippen molar-refractivity contribution in [2.24, 2.45) is 5.41 Å². The summed E-state index contributed by atoms with van der Waals surface area (Å²) in [6, 6.07) is 3.65. The van der Waals surface area contributed by atoms with Crippen molar-refractivity contribution in [2.45, 2.75) is 32.3 Å². The van der Waals surface area contributed by atoms with Crippen LogP contribution in [0.3, 0.4) is 0 Å². The summed E-state index contributed by atoms with van der Waals surface area (Å²) in [6.07, 6.45) is 3.77. The molecule has 1 aromatic rings. The third kappa shape index (κ3) is 0.911. The van der Waals surface area contributed by atoms with Crippen molar-refractivity contribution in [3.8, 4) is 0 Å². The average Bonchev–Trinajstić information content (AvgIpc) is 2.59. The summed E-state index contributed by atoms with van der Waals surface area (Å²) in [5, 5.41) is 10.2. The van der Waals surface area contributed by atoms with Crippen molar-refractivity contribution >= 4 is 0 Å². The van der Waals surface area contributed by atoms with Crippen LogP contribution in [-0.2, 0) is 5.60 Å². The summed E-state index contributed by atoms with van der Waals surface area (Å²) < 4.78 is 5.21. The maximum atomic E-state index is 10.2. The lowest BCUT2D eigenvalue weighted by atomic mass is 9.85. The number of rotatable bonds is 2. The molecule has 2 heteroatoms. The Hall–Kier alpha value is -0.760. The minimum Gasteiger partial charge on any atom is -0.466 e. The minimum atomic E-state index is -0.795. The van der Waals surface area contributed by atoms with Gasteiger partial charge in [0.2, 0.25) is 0 Å². The maximum Gasteiger partial charge on any atom is 0.135 e. The van der Waals surface area contributed by atoms with Gasteiger partial charge in [0.15, 0.2) is 0 Å². The quantitative estimate of drug-likeness (QED) is 0.731. The van der Waals surface area contributed by atoms with Crippen LogP contribution in [0.25, 0.3) is 0 Å². The molecule has 0 aromatic carbocycles. The molecule has 0 bridgehead atoms. The van der Waals surface area contributed by atoms with E-state index >= 15 is 0 Å². The SMILES string of the molecule is CC1(C(C)(O)c2ccco2)CC1. The van der Waals surface area contributed by atoms with Gasteiger partial charge in [0, 0.05) is 5.41 Å². The molecule has 2 nitrogen and oxygen atoms in total. The molecule has 0 aliphatic heterocycles. The van der Waals surface area contributed by atoms with Crippen LogP contribution >= 0.6 is 0 Å². The van der Waals surface area contributed by atoms with E-state index in [0.717, 1.165) is 12.8 Å². The predicted molar refractivity (Wildman–Crippen MR) is 45.6 cm³/mol. The second kappa shape index (κ2) is 2.13. The van der Waals surface area contributed by atoms with Gasteiger partial charge in [-0.15, -0.1) is 0 Å². The first-order valence-electron chi connectivity index (χ1n) is 4.33. The zero-order valence-corrected chi connectivity index (χ0v) is 7.50. The summed E-state index contributed by atoms with van der Waals surface area (Å²) >= 11 is 0. The lowest BCUT2D eigenvalue weighted by molar-refractivity contribution is -0.0316. The van der Waals surface area contributed by atoms with Gasteiger partial charge in [-0.05, 0) is 31.9 Å². The summed E-state index contributed by atoms with van der Waals surface area (Å²) in [5.74, 6) is 0.683. The normalized spacial score (nSPS) is 24.9. The largest absolute Gasteiger partial charge is 0.466 e. The first kappa shape index (κ1) is 7.87. The van der Waals surface area contributed by atoms with Gasteiger partial charge in [0.05, 0.1) is 6.26 Å². The molecule has 1 aliphatic rings. The Kier molecular flexibility index (Phi) is 1.40. The topological polar surface area (TPSA) is 33.4 Å². The minimum absolute atomic E-state index is 0.0326. The Morgan fingerprint density at radius 1 is 1.58 bits per heavy atom. The molecule has 0 amide bonds. The summed E-state index contributed by atoms with van der Waals surface area (Å²) in [6.45, 7) is 3.92. The molecule has 1 saturated carbocycles. The van der Waals surface area contributed by atoms with Crippen molar-refractivity contribution in [3.63, 3.8) is 0 Å². The van der Waals surface area contributed by atoms with Gasteiger partial charge in [0.1, 0.15) is 11.4 Å². The van der Waals surface area contributed by atoms with Crippen molar-refractivity contribution in [3.05, 3.63) is 24.2 Å². The second-order valence-corrected chi connectivity index (χ2v) is 4.11. The van der Waals surface area contributed by atoms with E-state index in [-0.39, 0.29) is 5.41 Å². The Bertz CT molecular complexity index is 268. The summed E-state index contributed by atoms with van der Waals surface area (Å²) in [5.41, 5.74) is -0.763. The van der Waals surface area contributed by atoms with Crippen molar-refractivity contribution in [2.75, 3.05) is 0 Å². The van der Waals surface area contributed by atoms with Crippen LogP contribution < -0.4 is 0 Å². The molecular formula is C10H14O2. The van der Waals surface area contributed by atoms with Gasteiger partial charge in [-0.3, -0.25) is 0 Å². The molecule has 0 spiro atoms. The first-order chi connectivity index (χ1) is 5.56. The highest BCUT2D eigenvalue weighted by Gasteiger charge is 2.54. The van der Waals surface area contributed by atoms with Gasteiger partial charge in [-0.1, -0.05) is 6.92 Å². The molecule has 0 radical (unpaired) electrons. The molecule has 1 atom stereocenters. The second-order valence-electron chi connectivity index (χ2n) is 4.11. The van der Waals surface area contributed by atoms with Crippen LogP contribution in [-0.4, -0.2) is 5.11 Å². The van der Waals surface area contributed by atoms with E-state index < -0.39 is 5.60 Å². The number of hydrogen-bond donors (Lipinski definition) is 1. The van der Waals surface area contributed by atoms with E-state index in [1.807, 2.05) is 19.1 Å². The van der Waals surface area contributed by atoms with Crippen LogP contribution in [0.4, 0.5) is 0 Å². The molecule has 1 heterocycles. The van der Waals surface area contributed by atoms with E-state index in [9.17, 15) is 5.11 Å². The lowest BCUT2D eigenvalue weighted by Crippen LogP contribution is -2.30. The number of aliphatic hydroxyl groups is 1. The first-order valence-corrected chi connectivity index (χ1v) is 4.33.